The molecule has 3 rings (SSSR count). The van der Waals surface area contributed by atoms with Crippen molar-refractivity contribution in [2.45, 2.75) is 19.1 Å². The first kappa shape index (κ1) is 19.2. The second-order valence-corrected chi connectivity index (χ2v) is 7.08. The predicted molar refractivity (Wildman–Crippen MR) is 99.8 cm³/mol. The molecule has 7 nitrogen and oxygen atoms in total. The van der Waals surface area contributed by atoms with Gasteiger partial charge in [0.05, 0.1) is 18.8 Å². The molecule has 0 aliphatic carbocycles. The molecule has 0 radical (unpaired) electrons. The maximum absolute atomic E-state index is 11.4. The summed E-state index contributed by atoms with van der Waals surface area (Å²) in [5.74, 6) is 0.491. The Bertz CT molecular complexity index is 1070. The first-order chi connectivity index (χ1) is 12.8. The van der Waals surface area contributed by atoms with Crippen LogP contribution >= 0.6 is 0 Å². The fourth-order valence-corrected chi connectivity index (χ4v) is 3.47. The SMILES string of the molecule is COc1cnc2cccc(C(O)C(OS(=O)(=O)O)c3ccccc3C)c2c1. The van der Waals surface area contributed by atoms with E-state index >= 15 is 0 Å². The highest BCUT2D eigenvalue weighted by molar-refractivity contribution is 7.80. The molecule has 3 aromatic rings. The highest BCUT2D eigenvalue weighted by Crippen LogP contribution is 2.38. The molecule has 0 bridgehead atoms. The van der Waals surface area contributed by atoms with Crippen LogP contribution in [0.15, 0.2) is 54.7 Å². The number of aromatic nitrogens is 1. The number of aryl methyl sites for hydroxylation is 1. The van der Waals surface area contributed by atoms with Gasteiger partial charge in [0.15, 0.2) is 0 Å². The van der Waals surface area contributed by atoms with Crippen LogP contribution in [-0.4, -0.2) is 30.2 Å². The quantitative estimate of drug-likeness (QED) is 0.624. The van der Waals surface area contributed by atoms with Crippen LogP contribution in [0.2, 0.25) is 0 Å². The average molecular weight is 389 g/mol. The predicted octanol–water partition coefficient (Wildman–Crippen LogP) is 3.15. The molecular formula is C19H19NO6S. The second-order valence-electron chi connectivity index (χ2n) is 6.04. The summed E-state index contributed by atoms with van der Waals surface area (Å²) in [6.07, 6.45) is -1.17. The zero-order chi connectivity index (χ0) is 19.6. The zero-order valence-electron chi connectivity index (χ0n) is 14.7. The van der Waals surface area contributed by atoms with E-state index in [2.05, 4.69) is 4.98 Å². The van der Waals surface area contributed by atoms with Crippen LogP contribution in [0, 0.1) is 6.92 Å². The molecule has 2 atom stereocenters. The Kier molecular flexibility index (Phi) is 5.43. The third kappa shape index (κ3) is 4.25. The standard InChI is InChI=1S/C19H19NO6S/c1-12-6-3-4-7-14(12)19(26-27(22,23)24)18(21)15-8-5-9-17-16(15)10-13(25-2)11-20-17/h3-11,18-19,21H,1-2H3,(H,22,23,24). The Labute approximate surface area is 157 Å². The fourth-order valence-electron chi connectivity index (χ4n) is 3.00. The number of aliphatic hydroxyl groups excluding tert-OH is 1. The van der Waals surface area contributed by atoms with Crippen molar-refractivity contribution in [3.05, 3.63) is 71.4 Å². The van der Waals surface area contributed by atoms with E-state index in [4.69, 9.17) is 8.92 Å². The Morgan fingerprint density at radius 1 is 1.07 bits per heavy atom. The number of fused-ring (bicyclic) bond motifs is 1. The van der Waals surface area contributed by atoms with Crippen molar-refractivity contribution in [3.63, 3.8) is 0 Å². The number of aliphatic hydroxyl groups is 1. The van der Waals surface area contributed by atoms with Gasteiger partial charge in [-0.25, -0.2) is 4.18 Å². The molecule has 0 spiro atoms. The van der Waals surface area contributed by atoms with Crippen molar-refractivity contribution in [3.8, 4) is 5.75 Å². The monoisotopic (exact) mass is 389 g/mol. The lowest BCUT2D eigenvalue weighted by atomic mass is 9.93. The lowest BCUT2D eigenvalue weighted by Gasteiger charge is -2.24. The number of hydrogen-bond acceptors (Lipinski definition) is 6. The van der Waals surface area contributed by atoms with Crippen LogP contribution in [0.4, 0.5) is 0 Å². The molecule has 142 valence electrons. The molecule has 8 heteroatoms. The maximum Gasteiger partial charge on any atom is 0.398 e. The van der Waals surface area contributed by atoms with Crippen LogP contribution in [0.5, 0.6) is 5.75 Å². The molecule has 0 amide bonds. The summed E-state index contributed by atoms with van der Waals surface area (Å²) in [7, 11) is -3.31. The Morgan fingerprint density at radius 3 is 2.44 bits per heavy atom. The van der Waals surface area contributed by atoms with Gasteiger partial charge in [0.2, 0.25) is 0 Å². The van der Waals surface area contributed by atoms with E-state index in [1.54, 1.807) is 61.7 Å². The largest absolute Gasteiger partial charge is 0.495 e. The van der Waals surface area contributed by atoms with Gasteiger partial charge in [-0.1, -0.05) is 36.4 Å². The van der Waals surface area contributed by atoms with Crippen molar-refractivity contribution in [2.24, 2.45) is 0 Å². The maximum atomic E-state index is 11.4. The first-order valence-electron chi connectivity index (χ1n) is 8.12. The highest BCUT2D eigenvalue weighted by Gasteiger charge is 2.30. The van der Waals surface area contributed by atoms with Gasteiger partial charge in [0, 0.05) is 5.39 Å². The highest BCUT2D eigenvalue weighted by atomic mass is 32.3. The summed E-state index contributed by atoms with van der Waals surface area (Å²) in [4.78, 5) is 4.27. The summed E-state index contributed by atoms with van der Waals surface area (Å²) < 4.78 is 42.1. The number of benzene rings is 2. The third-order valence-electron chi connectivity index (χ3n) is 4.30. The number of hydrogen-bond donors (Lipinski definition) is 2. The normalized spacial score (nSPS) is 14.1. The van der Waals surface area contributed by atoms with Crippen molar-refractivity contribution in [2.75, 3.05) is 7.11 Å². The van der Waals surface area contributed by atoms with Gasteiger partial charge in [-0.2, -0.15) is 8.42 Å². The number of rotatable bonds is 6. The molecule has 0 saturated carbocycles. The molecule has 1 aromatic heterocycles. The molecule has 0 saturated heterocycles. The molecule has 0 aliphatic rings. The van der Waals surface area contributed by atoms with Gasteiger partial charge in [0.1, 0.15) is 18.0 Å². The van der Waals surface area contributed by atoms with Crippen molar-refractivity contribution >= 4 is 21.3 Å². The molecule has 2 unspecified atom stereocenters. The van der Waals surface area contributed by atoms with E-state index in [0.717, 1.165) is 0 Å². The summed E-state index contributed by atoms with van der Waals surface area (Å²) in [5.41, 5.74) is 2.15. The van der Waals surface area contributed by atoms with Gasteiger partial charge in [-0.3, -0.25) is 9.54 Å². The number of ether oxygens (including phenoxy) is 1. The molecule has 2 aromatic carbocycles. The number of methoxy groups -OCH3 is 1. The summed E-state index contributed by atoms with van der Waals surface area (Å²) in [5, 5.41) is 11.6. The fraction of sp³-hybridized carbons (Fsp3) is 0.211. The first-order valence-corrected chi connectivity index (χ1v) is 9.48. The van der Waals surface area contributed by atoms with E-state index in [-0.39, 0.29) is 0 Å². The Balaban J connectivity index is 2.16. The van der Waals surface area contributed by atoms with Crippen LogP contribution < -0.4 is 4.74 Å². The second kappa shape index (κ2) is 7.61. The number of pyridine rings is 1. The molecule has 1 heterocycles. The van der Waals surface area contributed by atoms with Crippen LogP contribution in [-0.2, 0) is 14.6 Å². The summed E-state index contributed by atoms with van der Waals surface area (Å²) in [6, 6.07) is 13.7. The minimum Gasteiger partial charge on any atom is -0.495 e. The number of nitrogens with zero attached hydrogens (tertiary/aromatic N) is 1. The minimum atomic E-state index is -4.81. The smallest absolute Gasteiger partial charge is 0.398 e. The summed E-state index contributed by atoms with van der Waals surface area (Å²) in [6.45, 7) is 1.76. The van der Waals surface area contributed by atoms with E-state index in [0.29, 0.717) is 33.3 Å². The van der Waals surface area contributed by atoms with Crippen LogP contribution in [0.1, 0.15) is 28.9 Å². The van der Waals surface area contributed by atoms with E-state index < -0.39 is 22.6 Å². The van der Waals surface area contributed by atoms with Crippen molar-refractivity contribution in [1.82, 2.24) is 4.98 Å². The van der Waals surface area contributed by atoms with Gasteiger partial charge < -0.3 is 9.84 Å². The van der Waals surface area contributed by atoms with Crippen molar-refractivity contribution in [1.29, 1.82) is 0 Å². The lowest BCUT2D eigenvalue weighted by Crippen LogP contribution is -2.19. The van der Waals surface area contributed by atoms with Gasteiger partial charge >= 0.3 is 10.4 Å². The van der Waals surface area contributed by atoms with E-state index in [9.17, 15) is 18.1 Å². The van der Waals surface area contributed by atoms with Crippen LogP contribution in [0.3, 0.4) is 0 Å². The zero-order valence-corrected chi connectivity index (χ0v) is 15.6. The Hall–Kier alpha value is -2.52. The molecule has 0 aliphatic heterocycles. The molecule has 2 N–H and O–H groups in total. The van der Waals surface area contributed by atoms with E-state index in [1.165, 1.54) is 7.11 Å². The molecule has 27 heavy (non-hydrogen) atoms. The molecule has 0 fully saturated rings. The Morgan fingerprint density at radius 2 is 1.78 bits per heavy atom. The van der Waals surface area contributed by atoms with Crippen LogP contribution in [0.25, 0.3) is 10.9 Å². The van der Waals surface area contributed by atoms with Gasteiger partial charge in [0.25, 0.3) is 0 Å². The summed E-state index contributed by atoms with van der Waals surface area (Å²) >= 11 is 0. The topological polar surface area (TPSA) is 106 Å². The third-order valence-corrected chi connectivity index (χ3v) is 4.75. The van der Waals surface area contributed by atoms with Gasteiger partial charge in [-0.05, 0) is 35.7 Å². The van der Waals surface area contributed by atoms with Crippen molar-refractivity contribution < 1.29 is 27.0 Å². The average Bonchev–Trinajstić information content (AvgIpc) is 2.64. The molecular weight excluding hydrogens is 370 g/mol. The van der Waals surface area contributed by atoms with Gasteiger partial charge in [-0.15, -0.1) is 0 Å². The lowest BCUT2D eigenvalue weighted by molar-refractivity contribution is 0.0316. The minimum absolute atomic E-state index is 0.399. The van der Waals surface area contributed by atoms with E-state index in [1.807, 2.05) is 0 Å².